The minimum Gasteiger partial charge on any atom is -0.328 e. The molecule has 4 nitrogen and oxygen atoms in total. The molecule has 0 aliphatic heterocycles. The Hall–Kier alpha value is -1.31. The molecule has 0 aliphatic rings. The summed E-state index contributed by atoms with van der Waals surface area (Å²) in [4.78, 5) is 10.4. The van der Waals surface area contributed by atoms with Gasteiger partial charge >= 0.3 is 0 Å². The molecule has 2 aromatic rings. The Labute approximate surface area is 83.1 Å². The van der Waals surface area contributed by atoms with Gasteiger partial charge in [-0.15, -0.1) is 0 Å². The first kappa shape index (κ1) is 8.30. The number of aromatic amines is 1. The molecule has 0 aromatic carbocycles. The van der Waals surface area contributed by atoms with E-state index in [0.29, 0.717) is 11.0 Å². The van der Waals surface area contributed by atoms with E-state index in [1.54, 1.807) is 6.07 Å². The topological polar surface area (TPSA) is 65.4 Å². The lowest BCUT2D eigenvalue weighted by Crippen LogP contribution is -1.85. The molecular formula is C7H2Cl2N4. The molecule has 0 spiro atoms. The largest absolute Gasteiger partial charge is 0.328 e. The van der Waals surface area contributed by atoms with Crippen molar-refractivity contribution in [2.45, 2.75) is 0 Å². The molecule has 0 unspecified atom stereocenters. The molecule has 0 aliphatic carbocycles. The second kappa shape index (κ2) is 2.87. The van der Waals surface area contributed by atoms with E-state index in [9.17, 15) is 0 Å². The van der Waals surface area contributed by atoms with Gasteiger partial charge in [0.2, 0.25) is 5.28 Å². The van der Waals surface area contributed by atoms with Gasteiger partial charge in [-0.25, -0.2) is 9.97 Å². The molecule has 0 fully saturated rings. The molecule has 0 radical (unpaired) electrons. The number of hydrogen-bond donors (Lipinski definition) is 1. The Bertz CT molecular complexity index is 511. The summed E-state index contributed by atoms with van der Waals surface area (Å²) in [5.74, 6) is 0. The van der Waals surface area contributed by atoms with Crippen LogP contribution in [0.2, 0.25) is 10.4 Å². The van der Waals surface area contributed by atoms with E-state index < -0.39 is 0 Å². The monoisotopic (exact) mass is 212 g/mol. The van der Waals surface area contributed by atoms with Crippen molar-refractivity contribution in [1.29, 1.82) is 5.26 Å². The minimum absolute atomic E-state index is 0.172. The van der Waals surface area contributed by atoms with Crippen molar-refractivity contribution >= 4 is 34.2 Å². The smallest absolute Gasteiger partial charge is 0.201 e. The lowest BCUT2D eigenvalue weighted by Gasteiger charge is -1.91. The second-order valence-electron chi connectivity index (χ2n) is 2.33. The van der Waals surface area contributed by atoms with Gasteiger partial charge in [-0.1, -0.05) is 11.6 Å². The third-order valence-corrected chi connectivity index (χ3v) is 1.89. The van der Waals surface area contributed by atoms with Crippen LogP contribution in [0.1, 0.15) is 5.69 Å². The average molecular weight is 213 g/mol. The van der Waals surface area contributed by atoms with Crippen LogP contribution in [-0.2, 0) is 0 Å². The number of nitriles is 1. The van der Waals surface area contributed by atoms with Crippen molar-refractivity contribution in [3.63, 3.8) is 0 Å². The molecule has 13 heavy (non-hydrogen) atoms. The quantitative estimate of drug-likeness (QED) is 0.681. The number of H-pyrrole nitrogens is 1. The first-order chi connectivity index (χ1) is 6.20. The predicted molar refractivity (Wildman–Crippen MR) is 48.6 cm³/mol. The van der Waals surface area contributed by atoms with Gasteiger partial charge in [0.15, 0.2) is 5.69 Å². The molecule has 0 saturated carbocycles. The molecule has 0 saturated heterocycles. The highest BCUT2D eigenvalue weighted by molar-refractivity contribution is 6.30. The van der Waals surface area contributed by atoms with Crippen LogP contribution < -0.4 is 0 Å². The number of nitrogens with zero attached hydrogens (tertiary/aromatic N) is 3. The second-order valence-corrected chi connectivity index (χ2v) is 3.07. The van der Waals surface area contributed by atoms with E-state index in [4.69, 9.17) is 28.5 Å². The van der Waals surface area contributed by atoms with Crippen LogP contribution in [0.5, 0.6) is 0 Å². The van der Waals surface area contributed by atoms with Gasteiger partial charge < -0.3 is 4.98 Å². The van der Waals surface area contributed by atoms with Crippen molar-refractivity contribution in [3.05, 3.63) is 22.2 Å². The predicted octanol–water partition coefficient (Wildman–Crippen LogP) is 2.14. The van der Waals surface area contributed by atoms with Crippen LogP contribution in [0.3, 0.4) is 0 Å². The van der Waals surface area contributed by atoms with Crippen LogP contribution in [0.25, 0.3) is 11.0 Å². The highest BCUT2D eigenvalue weighted by Crippen LogP contribution is 2.19. The van der Waals surface area contributed by atoms with E-state index in [-0.39, 0.29) is 16.1 Å². The average Bonchev–Trinajstić information content (AvgIpc) is 2.43. The number of imidazole rings is 1. The summed E-state index contributed by atoms with van der Waals surface area (Å²) in [5, 5.41) is 9.16. The van der Waals surface area contributed by atoms with Crippen molar-refractivity contribution in [2.24, 2.45) is 0 Å². The first-order valence-electron chi connectivity index (χ1n) is 3.32. The number of rotatable bonds is 0. The Balaban J connectivity index is 2.90. The summed E-state index contributed by atoms with van der Waals surface area (Å²) in [6.45, 7) is 0. The lowest BCUT2D eigenvalue weighted by atomic mass is 10.3. The number of pyridine rings is 1. The number of aromatic nitrogens is 3. The maximum atomic E-state index is 8.70. The Morgan fingerprint density at radius 3 is 2.85 bits per heavy atom. The fourth-order valence-electron chi connectivity index (χ4n) is 1.03. The van der Waals surface area contributed by atoms with Crippen LogP contribution in [-0.4, -0.2) is 15.0 Å². The molecule has 0 amide bonds. The van der Waals surface area contributed by atoms with Gasteiger partial charge in [-0.05, 0) is 11.6 Å². The molecule has 2 rings (SSSR count). The summed E-state index contributed by atoms with van der Waals surface area (Å²) in [7, 11) is 0. The first-order valence-corrected chi connectivity index (χ1v) is 4.08. The molecule has 6 heteroatoms. The normalized spacial score (nSPS) is 10.2. The summed E-state index contributed by atoms with van der Waals surface area (Å²) in [6, 6.07) is 3.45. The fourth-order valence-corrected chi connectivity index (χ4v) is 1.41. The van der Waals surface area contributed by atoms with E-state index in [1.165, 1.54) is 0 Å². The Morgan fingerprint density at radius 2 is 2.15 bits per heavy atom. The molecular weight excluding hydrogens is 211 g/mol. The van der Waals surface area contributed by atoms with Gasteiger partial charge in [0.05, 0.1) is 5.52 Å². The van der Waals surface area contributed by atoms with E-state index in [0.717, 1.165) is 0 Å². The standard InChI is InChI=1S/C7H2Cl2N4/c8-5-1-3-6(4(2-10)11-5)13-7(9)12-3/h1H,(H,12,13). The zero-order valence-electron chi connectivity index (χ0n) is 6.17. The van der Waals surface area contributed by atoms with Gasteiger partial charge in [0, 0.05) is 6.07 Å². The number of nitrogens with one attached hydrogen (secondary N) is 1. The lowest BCUT2D eigenvalue weighted by molar-refractivity contribution is 1.28. The maximum absolute atomic E-state index is 8.70. The van der Waals surface area contributed by atoms with Crippen molar-refractivity contribution in [3.8, 4) is 6.07 Å². The third kappa shape index (κ3) is 1.32. The zero-order valence-corrected chi connectivity index (χ0v) is 7.69. The minimum atomic E-state index is 0.172. The van der Waals surface area contributed by atoms with Gasteiger partial charge in [0.25, 0.3) is 0 Å². The van der Waals surface area contributed by atoms with Gasteiger partial charge in [-0.3, -0.25) is 0 Å². The summed E-state index contributed by atoms with van der Waals surface area (Å²) in [6.07, 6.45) is 0. The van der Waals surface area contributed by atoms with Crippen LogP contribution >= 0.6 is 23.2 Å². The number of hydrogen-bond acceptors (Lipinski definition) is 3. The molecule has 2 aromatic heterocycles. The molecule has 0 atom stereocenters. The third-order valence-electron chi connectivity index (χ3n) is 1.52. The highest BCUT2D eigenvalue weighted by atomic mass is 35.5. The summed E-state index contributed by atoms with van der Waals surface area (Å²) >= 11 is 11.3. The van der Waals surface area contributed by atoms with Crippen molar-refractivity contribution in [1.82, 2.24) is 15.0 Å². The van der Waals surface area contributed by atoms with Crippen LogP contribution in [0, 0.1) is 11.3 Å². The molecule has 2 heterocycles. The molecule has 64 valence electrons. The van der Waals surface area contributed by atoms with E-state index in [1.807, 2.05) is 6.07 Å². The maximum Gasteiger partial charge on any atom is 0.201 e. The van der Waals surface area contributed by atoms with E-state index in [2.05, 4.69) is 15.0 Å². The highest BCUT2D eigenvalue weighted by Gasteiger charge is 2.08. The van der Waals surface area contributed by atoms with Crippen molar-refractivity contribution in [2.75, 3.05) is 0 Å². The van der Waals surface area contributed by atoms with Gasteiger partial charge in [0.1, 0.15) is 16.7 Å². The molecule has 0 bridgehead atoms. The number of fused-ring (bicyclic) bond motifs is 1. The van der Waals surface area contributed by atoms with E-state index >= 15 is 0 Å². The Kier molecular flexibility index (Phi) is 1.83. The SMILES string of the molecule is N#Cc1nc(Cl)cc2[nH]c(Cl)nc12. The molecule has 1 N–H and O–H groups in total. The zero-order chi connectivity index (χ0) is 9.42. The summed E-state index contributed by atoms with van der Waals surface area (Å²) < 4.78 is 0. The fraction of sp³-hybridized carbons (Fsp3) is 0. The van der Waals surface area contributed by atoms with Crippen LogP contribution in [0.15, 0.2) is 6.07 Å². The summed E-state index contributed by atoms with van der Waals surface area (Å²) in [5.41, 5.74) is 1.23. The van der Waals surface area contributed by atoms with Crippen LogP contribution in [0.4, 0.5) is 0 Å². The Morgan fingerprint density at radius 1 is 1.38 bits per heavy atom. The van der Waals surface area contributed by atoms with Gasteiger partial charge in [-0.2, -0.15) is 5.26 Å². The number of halogens is 2. The van der Waals surface area contributed by atoms with Crippen molar-refractivity contribution < 1.29 is 0 Å².